The number of aromatic nitrogens is 1. The molecule has 1 heterocycles. The Kier molecular flexibility index (Phi) is 5.60. The van der Waals surface area contributed by atoms with E-state index in [1.807, 2.05) is 56.3 Å². The van der Waals surface area contributed by atoms with Crippen LogP contribution in [-0.2, 0) is 17.8 Å². The Morgan fingerprint density at radius 2 is 1.78 bits per heavy atom. The lowest BCUT2D eigenvalue weighted by Gasteiger charge is -2.13. The molecule has 2 aromatic carbocycles. The van der Waals surface area contributed by atoms with Gasteiger partial charge in [0.05, 0.1) is 26.2 Å². The van der Waals surface area contributed by atoms with E-state index in [4.69, 9.17) is 9.47 Å². The van der Waals surface area contributed by atoms with Crippen molar-refractivity contribution >= 4 is 16.8 Å². The minimum Gasteiger partial charge on any atom is -0.493 e. The quantitative estimate of drug-likeness (QED) is 0.724. The Hall–Kier alpha value is -3.08. The van der Waals surface area contributed by atoms with Gasteiger partial charge in [-0.15, -0.1) is 0 Å². The van der Waals surface area contributed by atoms with Crippen LogP contribution in [0.4, 0.5) is 0 Å². The lowest BCUT2D eigenvalue weighted by atomic mass is 9.99. The smallest absolute Gasteiger partial charge is 0.224 e. The summed E-state index contributed by atoms with van der Waals surface area (Å²) in [5, 5.41) is 4.06. The van der Waals surface area contributed by atoms with Crippen LogP contribution in [-0.4, -0.2) is 25.1 Å². The van der Waals surface area contributed by atoms with E-state index < -0.39 is 0 Å². The van der Waals surface area contributed by atoms with Crippen LogP contribution >= 0.6 is 0 Å². The second-order valence-electron chi connectivity index (χ2n) is 6.46. The molecular formula is C22H24N2O3. The van der Waals surface area contributed by atoms with Gasteiger partial charge in [0.2, 0.25) is 5.91 Å². The third kappa shape index (κ3) is 4.03. The van der Waals surface area contributed by atoms with E-state index in [9.17, 15) is 4.79 Å². The fourth-order valence-electron chi connectivity index (χ4n) is 3.25. The number of amides is 1. The average molecular weight is 364 g/mol. The lowest BCUT2D eigenvalue weighted by molar-refractivity contribution is -0.120. The highest BCUT2D eigenvalue weighted by Gasteiger charge is 2.13. The molecular weight excluding hydrogens is 340 g/mol. The molecule has 140 valence electrons. The molecule has 0 fully saturated rings. The molecule has 0 aliphatic carbocycles. The first-order chi connectivity index (χ1) is 13.0. The predicted octanol–water partition coefficient (Wildman–Crippen LogP) is 3.73. The van der Waals surface area contributed by atoms with E-state index >= 15 is 0 Å². The first-order valence-corrected chi connectivity index (χ1v) is 8.86. The van der Waals surface area contributed by atoms with Crippen LogP contribution in [0.3, 0.4) is 0 Å². The minimum atomic E-state index is -0.0342. The number of hydrogen-bond acceptors (Lipinski definition) is 4. The summed E-state index contributed by atoms with van der Waals surface area (Å²) >= 11 is 0. The zero-order valence-electron chi connectivity index (χ0n) is 16.1. The first-order valence-electron chi connectivity index (χ1n) is 8.86. The molecule has 0 aliphatic rings. The number of benzene rings is 2. The van der Waals surface area contributed by atoms with Gasteiger partial charge in [-0.25, -0.2) is 0 Å². The fraction of sp³-hybridized carbons (Fsp3) is 0.273. The molecule has 0 spiro atoms. The zero-order chi connectivity index (χ0) is 19.4. The summed E-state index contributed by atoms with van der Waals surface area (Å²) in [5.74, 6) is 1.28. The van der Waals surface area contributed by atoms with E-state index in [0.717, 1.165) is 33.3 Å². The summed E-state index contributed by atoms with van der Waals surface area (Å²) in [5.41, 5.74) is 4.90. The van der Waals surface area contributed by atoms with Gasteiger partial charge in [0.15, 0.2) is 11.5 Å². The van der Waals surface area contributed by atoms with Crippen LogP contribution in [0.5, 0.6) is 11.5 Å². The monoisotopic (exact) mass is 364 g/mol. The van der Waals surface area contributed by atoms with Gasteiger partial charge in [-0.05, 0) is 48.7 Å². The summed E-state index contributed by atoms with van der Waals surface area (Å²) in [6.45, 7) is 4.43. The number of rotatable bonds is 6. The molecule has 0 atom stereocenters. The highest BCUT2D eigenvalue weighted by Crippen LogP contribution is 2.27. The van der Waals surface area contributed by atoms with Crippen molar-refractivity contribution in [2.45, 2.75) is 26.8 Å². The van der Waals surface area contributed by atoms with Gasteiger partial charge < -0.3 is 14.8 Å². The van der Waals surface area contributed by atoms with Gasteiger partial charge >= 0.3 is 0 Å². The van der Waals surface area contributed by atoms with Crippen molar-refractivity contribution in [3.63, 3.8) is 0 Å². The maximum Gasteiger partial charge on any atom is 0.224 e. The molecule has 0 aliphatic heterocycles. The Morgan fingerprint density at radius 3 is 2.52 bits per heavy atom. The third-order valence-electron chi connectivity index (χ3n) is 4.76. The predicted molar refractivity (Wildman–Crippen MR) is 106 cm³/mol. The summed E-state index contributed by atoms with van der Waals surface area (Å²) in [4.78, 5) is 17.1. The number of carbonyl (C=O) groups excluding carboxylic acids is 1. The maximum atomic E-state index is 12.5. The van der Waals surface area contributed by atoms with Crippen LogP contribution in [0.15, 0.2) is 42.5 Å². The van der Waals surface area contributed by atoms with Crippen LogP contribution in [0, 0.1) is 13.8 Å². The molecule has 1 N–H and O–H groups in total. The molecule has 0 saturated carbocycles. The Balaban J connectivity index is 1.72. The highest BCUT2D eigenvalue weighted by atomic mass is 16.5. The number of aryl methyl sites for hydroxylation is 2. The molecule has 1 amide bonds. The fourth-order valence-corrected chi connectivity index (χ4v) is 3.25. The first kappa shape index (κ1) is 18.7. The topological polar surface area (TPSA) is 60.5 Å². The molecule has 3 rings (SSSR count). The molecule has 3 aromatic rings. The van der Waals surface area contributed by atoms with E-state index in [2.05, 4.69) is 10.3 Å². The second-order valence-corrected chi connectivity index (χ2v) is 6.46. The lowest BCUT2D eigenvalue weighted by Crippen LogP contribution is -2.25. The van der Waals surface area contributed by atoms with E-state index in [-0.39, 0.29) is 5.91 Å². The third-order valence-corrected chi connectivity index (χ3v) is 4.76. The summed E-state index contributed by atoms with van der Waals surface area (Å²) in [6, 6.07) is 13.6. The van der Waals surface area contributed by atoms with Crippen molar-refractivity contribution in [3.8, 4) is 11.5 Å². The largest absolute Gasteiger partial charge is 0.493 e. The number of pyridine rings is 1. The highest BCUT2D eigenvalue weighted by molar-refractivity contribution is 5.86. The summed E-state index contributed by atoms with van der Waals surface area (Å²) in [7, 11) is 3.19. The van der Waals surface area contributed by atoms with Gasteiger partial charge in [-0.2, -0.15) is 0 Å². The van der Waals surface area contributed by atoms with E-state index in [1.165, 1.54) is 0 Å². The second kappa shape index (κ2) is 8.08. The van der Waals surface area contributed by atoms with Crippen molar-refractivity contribution < 1.29 is 14.3 Å². The van der Waals surface area contributed by atoms with Gasteiger partial charge in [-0.1, -0.05) is 24.3 Å². The summed E-state index contributed by atoms with van der Waals surface area (Å²) in [6.07, 6.45) is 0.308. The van der Waals surface area contributed by atoms with Crippen LogP contribution in [0.2, 0.25) is 0 Å². The SMILES string of the molecule is COc1ccc(CNC(=O)Cc2c(C)nc3ccccc3c2C)cc1OC. The Morgan fingerprint density at radius 1 is 1.04 bits per heavy atom. The number of nitrogens with one attached hydrogen (secondary N) is 1. The number of fused-ring (bicyclic) bond motifs is 1. The zero-order valence-corrected chi connectivity index (χ0v) is 16.1. The number of para-hydroxylation sites is 1. The molecule has 5 nitrogen and oxygen atoms in total. The Bertz CT molecular complexity index is 983. The summed E-state index contributed by atoms with van der Waals surface area (Å²) < 4.78 is 10.5. The number of nitrogens with zero attached hydrogens (tertiary/aromatic N) is 1. The molecule has 0 saturated heterocycles. The van der Waals surface area contributed by atoms with Crippen molar-refractivity contribution in [3.05, 3.63) is 64.8 Å². The number of methoxy groups -OCH3 is 2. The molecule has 27 heavy (non-hydrogen) atoms. The van der Waals surface area contributed by atoms with Crippen LogP contribution < -0.4 is 14.8 Å². The van der Waals surface area contributed by atoms with Crippen molar-refractivity contribution in [1.82, 2.24) is 10.3 Å². The normalized spacial score (nSPS) is 10.7. The van der Waals surface area contributed by atoms with Crippen LogP contribution in [0.25, 0.3) is 10.9 Å². The molecule has 0 radical (unpaired) electrons. The van der Waals surface area contributed by atoms with E-state index in [0.29, 0.717) is 24.5 Å². The van der Waals surface area contributed by atoms with Crippen molar-refractivity contribution in [1.29, 1.82) is 0 Å². The number of carbonyl (C=O) groups is 1. The van der Waals surface area contributed by atoms with Crippen LogP contribution in [0.1, 0.15) is 22.4 Å². The number of hydrogen-bond donors (Lipinski definition) is 1. The maximum absolute atomic E-state index is 12.5. The van der Waals surface area contributed by atoms with Gasteiger partial charge in [-0.3, -0.25) is 9.78 Å². The minimum absolute atomic E-state index is 0.0342. The standard InChI is InChI=1S/C22H24N2O3/c1-14-17-7-5-6-8-19(17)24-15(2)18(14)12-22(25)23-13-16-9-10-20(26-3)21(11-16)27-4/h5-11H,12-13H2,1-4H3,(H,23,25). The molecule has 0 bridgehead atoms. The number of ether oxygens (including phenoxy) is 2. The van der Waals surface area contributed by atoms with E-state index in [1.54, 1.807) is 14.2 Å². The molecule has 0 unspecified atom stereocenters. The average Bonchev–Trinajstić information content (AvgIpc) is 2.69. The Labute approximate surface area is 159 Å². The van der Waals surface area contributed by atoms with Crippen molar-refractivity contribution in [2.24, 2.45) is 0 Å². The van der Waals surface area contributed by atoms with Gasteiger partial charge in [0.25, 0.3) is 0 Å². The van der Waals surface area contributed by atoms with Gasteiger partial charge in [0, 0.05) is 17.6 Å². The molecule has 1 aromatic heterocycles. The van der Waals surface area contributed by atoms with Crippen molar-refractivity contribution in [2.75, 3.05) is 14.2 Å². The van der Waals surface area contributed by atoms with Gasteiger partial charge in [0.1, 0.15) is 0 Å². The molecule has 5 heteroatoms.